The predicted molar refractivity (Wildman–Crippen MR) is 144 cm³/mol. The molecule has 2 aromatic rings. The molecule has 0 aromatic heterocycles. The lowest BCUT2D eigenvalue weighted by Crippen LogP contribution is -2.59. The summed E-state index contributed by atoms with van der Waals surface area (Å²) in [7, 11) is -3.77. The van der Waals surface area contributed by atoms with Gasteiger partial charge in [-0.3, -0.25) is 14.6 Å². The van der Waals surface area contributed by atoms with Gasteiger partial charge in [-0.2, -0.15) is 9.57 Å². The fourth-order valence-electron chi connectivity index (χ4n) is 5.29. The number of carbonyl (C=O) groups excluding carboxylic acids is 1. The van der Waals surface area contributed by atoms with Crippen LogP contribution in [0.2, 0.25) is 0 Å². The van der Waals surface area contributed by atoms with Crippen LogP contribution in [0, 0.1) is 18.3 Å². The van der Waals surface area contributed by atoms with Crippen LogP contribution in [0.4, 0.5) is 5.69 Å². The number of nitriles is 1. The summed E-state index contributed by atoms with van der Waals surface area (Å²) in [4.78, 5) is 17.5. The van der Waals surface area contributed by atoms with Crippen molar-refractivity contribution < 1.29 is 13.2 Å². The minimum atomic E-state index is -3.77. The fraction of sp³-hybridized carbons (Fsp3) is 0.481. The van der Waals surface area contributed by atoms with E-state index in [1.165, 1.54) is 22.0 Å². The average Bonchev–Trinajstić information content (AvgIpc) is 2.86. The molecule has 0 bridgehead atoms. The standard InChI is InChI=1S/C27H36N6O3S/c1-20-7-8-24(18-31-11-9-29-10-12-31)14-26(20)30-27(34)19-32-16-21(2)33(22(3)17-32)37(35,36)25-6-4-5-23(13-25)15-28/h4-8,13-14,21-22,29H,9-12,16-19H2,1-3H3,(H,30,34)/t21-,22+. The van der Waals surface area contributed by atoms with Crippen molar-refractivity contribution in [3.05, 3.63) is 59.2 Å². The largest absolute Gasteiger partial charge is 0.325 e. The van der Waals surface area contributed by atoms with E-state index in [-0.39, 0.29) is 29.4 Å². The van der Waals surface area contributed by atoms with Crippen LogP contribution in [0.25, 0.3) is 0 Å². The fourth-order valence-corrected chi connectivity index (χ4v) is 7.14. The first kappa shape index (κ1) is 27.2. The number of hydrogen-bond donors (Lipinski definition) is 2. The Bertz CT molecular complexity index is 1260. The molecule has 198 valence electrons. The Hall–Kier alpha value is -2.81. The SMILES string of the molecule is Cc1ccc(CN2CCNCC2)cc1NC(=O)CN1C[C@@H](C)N(S(=O)(=O)c2cccc(C#N)c2)[C@@H](C)C1. The number of anilines is 1. The van der Waals surface area contributed by atoms with Crippen LogP contribution in [-0.2, 0) is 21.4 Å². The molecular formula is C27H36N6O3S. The molecule has 9 nitrogen and oxygen atoms in total. The summed E-state index contributed by atoms with van der Waals surface area (Å²) >= 11 is 0. The van der Waals surface area contributed by atoms with Gasteiger partial charge < -0.3 is 10.6 Å². The lowest BCUT2D eigenvalue weighted by Gasteiger charge is -2.43. The van der Waals surface area contributed by atoms with E-state index in [0.717, 1.165) is 44.0 Å². The van der Waals surface area contributed by atoms with Crippen molar-refractivity contribution in [2.75, 3.05) is 51.1 Å². The van der Waals surface area contributed by atoms with E-state index in [4.69, 9.17) is 5.26 Å². The molecule has 2 heterocycles. The van der Waals surface area contributed by atoms with Crippen LogP contribution in [0.3, 0.4) is 0 Å². The topological polar surface area (TPSA) is 109 Å². The minimum absolute atomic E-state index is 0.111. The molecule has 2 aliphatic rings. The van der Waals surface area contributed by atoms with Crippen molar-refractivity contribution >= 4 is 21.6 Å². The zero-order chi connectivity index (χ0) is 26.6. The van der Waals surface area contributed by atoms with Crippen LogP contribution in [0.15, 0.2) is 47.4 Å². The summed E-state index contributed by atoms with van der Waals surface area (Å²) in [6.07, 6.45) is 0. The zero-order valence-electron chi connectivity index (χ0n) is 21.8. The van der Waals surface area contributed by atoms with Crippen LogP contribution < -0.4 is 10.6 Å². The number of rotatable bonds is 7. The molecule has 1 amide bonds. The lowest BCUT2D eigenvalue weighted by molar-refractivity contribution is -0.118. The molecule has 4 rings (SSSR count). The number of carbonyl (C=O) groups is 1. The Kier molecular flexibility index (Phi) is 8.62. The average molecular weight is 525 g/mol. The second-order valence-corrected chi connectivity index (χ2v) is 11.9. The summed E-state index contributed by atoms with van der Waals surface area (Å²) < 4.78 is 28.2. The van der Waals surface area contributed by atoms with E-state index in [1.807, 2.05) is 37.8 Å². The number of nitrogens with zero attached hydrogens (tertiary/aromatic N) is 4. The third kappa shape index (κ3) is 6.55. The van der Waals surface area contributed by atoms with E-state index in [1.54, 1.807) is 12.1 Å². The van der Waals surface area contributed by atoms with Crippen LogP contribution >= 0.6 is 0 Å². The third-order valence-corrected chi connectivity index (χ3v) is 9.14. The van der Waals surface area contributed by atoms with Crippen LogP contribution in [0.5, 0.6) is 0 Å². The quantitative estimate of drug-likeness (QED) is 0.570. The van der Waals surface area contributed by atoms with Gasteiger partial charge in [0.2, 0.25) is 15.9 Å². The molecule has 0 unspecified atom stereocenters. The normalized spacial score (nSPS) is 21.9. The van der Waals surface area contributed by atoms with E-state index in [2.05, 4.69) is 27.7 Å². The Morgan fingerprint density at radius 3 is 2.46 bits per heavy atom. The molecule has 0 radical (unpaired) electrons. The highest BCUT2D eigenvalue weighted by Crippen LogP contribution is 2.26. The second-order valence-electron chi connectivity index (χ2n) is 10.1. The molecule has 0 saturated carbocycles. The van der Waals surface area contributed by atoms with Crippen LogP contribution in [0.1, 0.15) is 30.5 Å². The highest BCUT2D eigenvalue weighted by Gasteiger charge is 2.38. The maximum absolute atomic E-state index is 13.4. The first-order valence-electron chi connectivity index (χ1n) is 12.8. The molecular weight excluding hydrogens is 488 g/mol. The van der Waals surface area contributed by atoms with Crippen molar-refractivity contribution in [2.45, 2.75) is 44.3 Å². The first-order valence-corrected chi connectivity index (χ1v) is 14.2. The van der Waals surface area contributed by atoms with Crippen LogP contribution in [-0.4, -0.2) is 86.3 Å². The highest BCUT2D eigenvalue weighted by molar-refractivity contribution is 7.89. The molecule has 37 heavy (non-hydrogen) atoms. The Morgan fingerprint density at radius 2 is 1.78 bits per heavy atom. The molecule has 2 saturated heterocycles. The molecule has 2 aromatic carbocycles. The minimum Gasteiger partial charge on any atom is -0.325 e. The lowest BCUT2D eigenvalue weighted by atomic mass is 10.1. The van der Waals surface area contributed by atoms with Gasteiger partial charge in [0.25, 0.3) is 0 Å². The zero-order valence-corrected chi connectivity index (χ0v) is 22.6. The summed E-state index contributed by atoms with van der Waals surface area (Å²) in [5, 5.41) is 15.6. The van der Waals surface area contributed by atoms with E-state index in [0.29, 0.717) is 18.7 Å². The number of nitrogens with one attached hydrogen (secondary N) is 2. The van der Waals surface area contributed by atoms with Crippen molar-refractivity contribution in [1.82, 2.24) is 19.4 Å². The summed E-state index contributed by atoms with van der Waals surface area (Å²) in [5.74, 6) is -0.111. The van der Waals surface area contributed by atoms with E-state index >= 15 is 0 Å². The monoisotopic (exact) mass is 524 g/mol. The van der Waals surface area contributed by atoms with Gasteiger partial charge in [-0.1, -0.05) is 18.2 Å². The van der Waals surface area contributed by atoms with Gasteiger partial charge in [0.15, 0.2) is 0 Å². The number of sulfonamides is 1. The number of benzene rings is 2. The molecule has 2 atom stereocenters. The Morgan fingerprint density at radius 1 is 1.08 bits per heavy atom. The molecule has 0 aliphatic carbocycles. The van der Waals surface area contributed by atoms with Crippen molar-refractivity contribution in [1.29, 1.82) is 5.26 Å². The molecule has 10 heteroatoms. The van der Waals surface area contributed by atoms with Crippen molar-refractivity contribution in [3.8, 4) is 6.07 Å². The highest BCUT2D eigenvalue weighted by atomic mass is 32.2. The van der Waals surface area contributed by atoms with Gasteiger partial charge >= 0.3 is 0 Å². The molecule has 2 N–H and O–H groups in total. The van der Waals surface area contributed by atoms with Crippen molar-refractivity contribution in [2.24, 2.45) is 0 Å². The van der Waals surface area contributed by atoms with Gasteiger partial charge in [0.05, 0.1) is 23.1 Å². The summed E-state index contributed by atoms with van der Waals surface area (Å²) in [5.41, 5.74) is 3.31. The summed E-state index contributed by atoms with van der Waals surface area (Å²) in [6, 6.07) is 13.7. The van der Waals surface area contributed by atoms with E-state index < -0.39 is 10.0 Å². The Labute approximate surface area is 220 Å². The number of amides is 1. The molecule has 2 aliphatic heterocycles. The Balaban J connectivity index is 1.38. The molecule has 0 spiro atoms. The number of aryl methyl sites for hydroxylation is 1. The van der Waals surface area contributed by atoms with Gasteiger partial charge in [-0.25, -0.2) is 8.42 Å². The molecule has 2 fully saturated rings. The van der Waals surface area contributed by atoms with Gasteiger partial charge in [-0.15, -0.1) is 0 Å². The van der Waals surface area contributed by atoms with Gasteiger partial charge in [0, 0.05) is 63.6 Å². The maximum Gasteiger partial charge on any atom is 0.243 e. The third-order valence-electron chi connectivity index (χ3n) is 7.01. The second kappa shape index (κ2) is 11.7. The van der Waals surface area contributed by atoms with Gasteiger partial charge in [0.1, 0.15) is 0 Å². The maximum atomic E-state index is 13.4. The first-order chi connectivity index (χ1) is 17.7. The van der Waals surface area contributed by atoms with E-state index in [9.17, 15) is 13.2 Å². The smallest absolute Gasteiger partial charge is 0.243 e. The summed E-state index contributed by atoms with van der Waals surface area (Å²) in [6.45, 7) is 11.6. The van der Waals surface area contributed by atoms with Gasteiger partial charge in [-0.05, 0) is 56.2 Å². The number of hydrogen-bond acceptors (Lipinski definition) is 7. The van der Waals surface area contributed by atoms with Crippen molar-refractivity contribution in [3.63, 3.8) is 0 Å². The predicted octanol–water partition coefficient (Wildman–Crippen LogP) is 1.99. The number of piperazine rings is 2.